The number of aryl methyl sites for hydroxylation is 1. The highest BCUT2D eigenvalue weighted by Crippen LogP contribution is 2.30. The molecule has 3 amide bonds. The summed E-state index contributed by atoms with van der Waals surface area (Å²) in [6.07, 6.45) is 2.34. The third kappa shape index (κ3) is 4.17. The number of carbonyl (C=O) groups excluding carboxylic acids is 3. The van der Waals surface area contributed by atoms with Crippen molar-refractivity contribution in [3.63, 3.8) is 0 Å². The third-order valence-corrected chi connectivity index (χ3v) is 6.65. The maximum atomic E-state index is 13.1. The van der Waals surface area contributed by atoms with E-state index in [1.54, 1.807) is 12.1 Å². The van der Waals surface area contributed by atoms with E-state index in [9.17, 15) is 14.4 Å². The molecule has 8 nitrogen and oxygen atoms in total. The number of rotatable bonds is 3. The molecule has 162 valence electrons. The van der Waals surface area contributed by atoms with Crippen LogP contribution in [0, 0.1) is 18.8 Å². The first-order chi connectivity index (χ1) is 14.3. The lowest BCUT2D eigenvalue weighted by Gasteiger charge is -2.48. The van der Waals surface area contributed by atoms with E-state index in [1.165, 1.54) is 6.42 Å². The van der Waals surface area contributed by atoms with Gasteiger partial charge in [0.1, 0.15) is 6.29 Å². The lowest BCUT2D eigenvalue weighted by Crippen LogP contribution is -2.75. The standard InChI is InChI=1S/C21H28ClN5O3/c1-11-6-7-13(22)9-15(11)23-19(29)14-10-16(28)24-18-17(14)20(30)26-21(25-18)27-8-4-3-5-12(27)2/h6-7,9,12,14,17-18,21,25H,3-5,8,10H2,1-2H3,(H,23,29)(H,24,28)(H,26,30). The topological polar surface area (TPSA) is 103 Å². The van der Waals surface area contributed by atoms with E-state index < -0.39 is 18.0 Å². The first kappa shape index (κ1) is 21.1. The Morgan fingerprint density at radius 1 is 1.23 bits per heavy atom. The molecule has 0 radical (unpaired) electrons. The zero-order valence-electron chi connectivity index (χ0n) is 17.2. The van der Waals surface area contributed by atoms with Crippen LogP contribution in [0.4, 0.5) is 5.69 Å². The van der Waals surface area contributed by atoms with Crippen LogP contribution in [0.2, 0.25) is 5.02 Å². The molecule has 0 spiro atoms. The molecular formula is C21H28ClN5O3. The van der Waals surface area contributed by atoms with Gasteiger partial charge < -0.3 is 16.0 Å². The van der Waals surface area contributed by atoms with Crippen LogP contribution in [-0.4, -0.2) is 47.7 Å². The van der Waals surface area contributed by atoms with Crippen LogP contribution in [0.3, 0.4) is 0 Å². The van der Waals surface area contributed by atoms with Crippen LogP contribution in [-0.2, 0) is 14.4 Å². The summed E-state index contributed by atoms with van der Waals surface area (Å²) in [4.78, 5) is 40.7. The highest BCUT2D eigenvalue weighted by Gasteiger charge is 2.49. The molecule has 9 heteroatoms. The number of amides is 3. The lowest BCUT2D eigenvalue weighted by atomic mass is 9.81. The number of halogens is 1. The second-order valence-corrected chi connectivity index (χ2v) is 8.93. The smallest absolute Gasteiger partial charge is 0.229 e. The van der Waals surface area contributed by atoms with Crippen molar-refractivity contribution in [2.75, 3.05) is 11.9 Å². The molecular weight excluding hydrogens is 406 g/mol. The van der Waals surface area contributed by atoms with Gasteiger partial charge in [0.05, 0.1) is 18.0 Å². The monoisotopic (exact) mass is 433 g/mol. The van der Waals surface area contributed by atoms with Crippen LogP contribution in [0.15, 0.2) is 18.2 Å². The minimum absolute atomic E-state index is 0.0352. The molecule has 0 aromatic heterocycles. The summed E-state index contributed by atoms with van der Waals surface area (Å²) in [5.74, 6) is -2.27. The Hall–Kier alpha value is -2.16. The summed E-state index contributed by atoms with van der Waals surface area (Å²) < 4.78 is 0. The minimum atomic E-state index is -0.769. The molecule has 3 aliphatic heterocycles. The number of hydrogen-bond donors (Lipinski definition) is 4. The summed E-state index contributed by atoms with van der Waals surface area (Å²) in [6, 6.07) is 5.56. The van der Waals surface area contributed by atoms with Gasteiger partial charge in [0.15, 0.2) is 0 Å². The predicted octanol–water partition coefficient (Wildman–Crippen LogP) is 1.54. The van der Waals surface area contributed by atoms with Crippen LogP contribution in [0.1, 0.15) is 38.2 Å². The summed E-state index contributed by atoms with van der Waals surface area (Å²) >= 11 is 6.05. The number of carbonyl (C=O) groups is 3. The Balaban J connectivity index is 1.52. The van der Waals surface area contributed by atoms with E-state index in [-0.39, 0.29) is 30.4 Å². The molecule has 3 aliphatic rings. The van der Waals surface area contributed by atoms with Crippen LogP contribution < -0.4 is 21.3 Å². The van der Waals surface area contributed by atoms with Gasteiger partial charge in [-0.3, -0.25) is 24.6 Å². The van der Waals surface area contributed by atoms with Crippen molar-refractivity contribution in [1.29, 1.82) is 0 Å². The summed E-state index contributed by atoms with van der Waals surface area (Å²) in [5, 5.41) is 12.6. The number of fused-ring (bicyclic) bond motifs is 1. The van der Waals surface area contributed by atoms with Gasteiger partial charge in [-0.15, -0.1) is 0 Å². The van der Waals surface area contributed by atoms with Crippen molar-refractivity contribution in [3.8, 4) is 0 Å². The van der Waals surface area contributed by atoms with E-state index in [0.717, 1.165) is 24.9 Å². The highest BCUT2D eigenvalue weighted by molar-refractivity contribution is 6.31. The maximum Gasteiger partial charge on any atom is 0.229 e. The molecule has 1 aromatic carbocycles. The van der Waals surface area contributed by atoms with E-state index in [1.807, 2.05) is 13.0 Å². The predicted molar refractivity (Wildman–Crippen MR) is 113 cm³/mol. The maximum absolute atomic E-state index is 13.1. The molecule has 0 saturated carbocycles. The van der Waals surface area contributed by atoms with E-state index in [0.29, 0.717) is 16.8 Å². The molecule has 3 saturated heterocycles. The first-order valence-corrected chi connectivity index (χ1v) is 10.9. The molecule has 5 atom stereocenters. The molecule has 1 aromatic rings. The van der Waals surface area contributed by atoms with E-state index >= 15 is 0 Å². The summed E-state index contributed by atoms with van der Waals surface area (Å²) in [5.41, 5.74) is 1.44. The fraction of sp³-hybridized carbons (Fsp3) is 0.571. The largest absolute Gasteiger partial charge is 0.340 e. The fourth-order valence-corrected chi connectivity index (χ4v) is 4.87. The summed E-state index contributed by atoms with van der Waals surface area (Å²) in [6.45, 7) is 4.88. The third-order valence-electron chi connectivity index (χ3n) is 6.41. The molecule has 4 N–H and O–H groups in total. The second kappa shape index (κ2) is 8.53. The van der Waals surface area contributed by atoms with Crippen LogP contribution in [0.25, 0.3) is 0 Å². The van der Waals surface area contributed by atoms with E-state index in [4.69, 9.17) is 11.6 Å². The van der Waals surface area contributed by atoms with Crippen molar-refractivity contribution < 1.29 is 14.4 Å². The molecule has 5 unspecified atom stereocenters. The lowest BCUT2D eigenvalue weighted by molar-refractivity contribution is -0.148. The van der Waals surface area contributed by atoms with Gasteiger partial charge in [0.2, 0.25) is 17.7 Å². The Kier molecular flexibility index (Phi) is 5.99. The SMILES string of the molecule is Cc1ccc(Cl)cc1NC(=O)C1CC(=O)NC2NC(N3CCCCC3C)NC(=O)C21. The Morgan fingerprint density at radius 2 is 2.03 bits per heavy atom. The fourth-order valence-electron chi connectivity index (χ4n) is 4.70. The second-order valence-electron chi connectivity index (χ2n) is 8.49. The van der Waals surface area contributed by atoms with Gasteiger partial charge in [-0.05, 0) is 44.4 Å². The number of hydrogen-bond acceptors (Lipinski definition) is 5. The van der Waals surface area contributed by atoms with Crippen LogP contribution in [0.5, 0.6) is 0 Å². The van der Waals surface area contributed by atoms with Gasteiger partial charge in [-0.1, -0.05) is 24.1 Å². The number of nitrogens with one attached hydrogen (secondary N) is 4. The average molecular weight is 434 g/mol. The number of anilines is 1. The molecule has 30 heavy (non-hydrogen) atoms. The molecule has 4 rings (SSSR count). The Morgan fingerprint density at radius 3 is 2.80 bits per heavy atom. The zero-order chi connectivity index (χ0) is 21.4. The minimum Gasteiger partial charge on any atom is -0.340 e. The number of likely N-dealkylation sites (tertiary alicyclic amines) is 1. The molecule has 3 fully saturated rings. The van der Waals surface area contributed by atoms with Gasteiger partial charge in [-0.25, -0.2) is 0 Å². The van der Waals surface area contributed by atoms with Crippen molar-refractivity contribution in [1.82, 2.24) is 20.9 Å². The van der Waals surface area contributed by atoms with Gasteiger partial charge >= 0.3 is 0 Å². The number of benzene rings is 1. The first-order valence-electron chi connectivity index (χ1n) is 10.5. The Labute approximate surface area is 181 Å². The summed E-state index contributed by atoms with van der Waals surface area (Å²) in [7, 11) is 0. The normalized spacial score (nSPS) is 32.0. The quantitative estimate of drug-likeness (QED) is 0.579. The number of piperidine rings is 2. The molecule has 0 bridgehead atoms. The van der Waals surface area contributed by atoms with Crippen molar-refractivity contribution >= 4 is 35.0 Å². The average Bonchev–Trinajstić information content (AvgIpc) is 2.70. The van der Waals surface area contributed by atoms with E-state index in [2.05, 4.69) is 33.1 Å². The van der Waals surface area contributed by atoms with Gasteiger partial charge in [0, 0.05) is 29.7 Å². The molecule has 0 aliphatic carbocycles. The number of nitrogens with zero attached hydrogens (tertiary/aromatic N) is 1. The van der Waals surface area contributed by atoms with Crippen molar-refractivity contribution in [3.05, 3.63) is 28.8 Å². The van der Waals surface area contributed by atoms with Gasteiger partial charge in [-0.2, -0.15) is 0 Å². The van der Waals surface area contributed by atoms with Crippen molar-refractivity contribution in [2.45, 2.75) is 58.0 Å². The molecule has 3 heterocycles. The van der Waals surface area contributed by atoms with Crippen molar-refractivity contribution in [2.24, 2.45) is 11.8 Å². The Bertz CT molecular complexity index is 863. The van der Waals surface area contributed by atoms with Gasteiger partial charge in [0.25, 0.3) is 0 Å². The highest BCUT2D eigenvalue weighted by atomic mass is 35.5. The van der Waals surface area contributed by atoms with Crippen LogP contribution >= 0.6 is 11.6 Å². The zero-order valence-corrected chi connectivity index (χ0v) is 18.0.